The van der Waals surface area contributed by atoms with Gasteiger partial charge in [-0.15, -0.1) is 0 Å². The number of pyridine rings is 1. The van der Waals surface area contributed by atoms with E-state index in [1.807, 2.05) is 26.1 Å². The van der Waals surface area contributed by atoms with E-state index in [4.69, 9.17) is 0 Å². The molecule has 0 amide bonds. The highest BCUT2D eigenvalue weighted by atomic mass is 79.9. The van der Waals surface area contributed by atoms with Crippen molar-refractivity contribution in [3.05, 3.63) is 64.7 Å². The number of aromatic nitrogens is 4. The maximum atomic E-state index is 13.5. The van der Waals surface area contributed by atoms with Gasteiger partial charge in [-0.1, -0.05) is 17.7 Å². The summed E-state index contributed by atoms with van der Waals surface area (Å²) in [4.78, 5) is 16.0. The van der Waals surface area contributed by atoms with Crippen LogP contribution in [0.2, 0.25) is 0 Å². The molecule has 3 heterocycles. The third kappa shape index (κ3) is 4.58. The zero-order chi connectivity index (χ0) is 23.8. The molecule has 172 valence electrons. The van der Waals surface area contributed by atoms with Gasteiger partial charge >= 0.3 is 5.97 Å². The van der Waals surface area contributed by atoms with E-state index in [2.05, 4.69) is 30.7 Å². The van der Waals surface area contributed by atoms with Crippen molar-refractivity contribution < 1.29 is 17.9 Å². The Balaban J connectivity index is 1.79. The van der Waals surface area contributed by atoms with Crippen molar-refractivity contribution in [1.82, 2.24) is 18.7 Å². The van der Waals surface area contributed by atoms with Crippen molar-refractivity contribution >= 4 is 43.0 Å². The smallest absolute Gasteiger partial charge is 0.305 e. The third-order valence-electron chi connectivity index (χ3n) is 5.39. The fourth-order valence-electron chi connectivity index (χ4n) is 3.66. The van der Waals surface area contributed by atoms with Crippen LogP contribution >= 0.6 is 15.9 Å². The van der Waals surface area contributed by atoms with E-state index in [0.717, 1.165) is 21.3 Å². The molecule has 4 rings (SSSR count). The quantitative estimate of drug-likeness (QED) is 0.327. The highest BCUT2D eigenvalue weighted by Crippen LogP contribution is 2.35. The molecule has 0 N–H and O–H groups in total. The van der Waals surface area contributed by atoms with Gasteiger partial charge in [0.2, 0.25) is 0 Å². The van der Waals surface area contributed by atoms with Gasteiger partial charge in [-0.05, 0) is 54.4 Å². The summed E-state index contributed by atoms with van der Waals surface area (Å²) in [6, 6.07) is 8.59. The molecule has 0 atom stereocenters. The fraction of sp³-hybridized carbons (Fsp3) is 0.261. The molecule has 0 bridgehead atoms. The summed E-state index contributed by atoms with van der Waals surface area (Å²) >= 11 is 3.44. The van der Waals surface area contributed by atoms with Crippen LogP contribution in [0.15, 0.2) is 58.3 Å². The van der Waals surface area contributed by atoms with Crippen LogP contribution in [-0.4, -0.2) is 40.2 Å². The molecule has 33 heavy (non-hydrogen) atoms. The van der Waals surface area contributed by atoms with Crippen LogP contribution in [-0.2, 0) is 26.1 Å². The Morgan fingerprint density at radius 3 is 2.55 bits per heavy atom. The van der Waals surface area contributed by atoms with Crippen molar-refractivity contribution in [2.24, 2.45) is 0 Å². The Morgan fingerprint density at radius 2 is 1.85 bits per heavy atom. The second-order valence-corrected chi connectivity index (χ2v) is 10.5. The lowest BCUT2D eigenvalue weighted by Gasteiger charge is -2.07. The van der Waals surface area contributed by atoms with Crippen molar-refractivity contribution in [3.8, 4) is 11.1 Å². The van der Waals surface area contributed by atoms with E-state index in [0.29, 0.717) is 36.0 Å². The monoisotopic (exact) mass is 530 g/mol. The van der Waals surface area contributed by atoms with Gasteiger partial charge in [-0.25, -0.2) is 17.4 Å². The highest BCUT2D eigenvalue weighted by Gasteiger charge is 2.24. The van der Waals surface area contributed by atoms with Crippen molar-refractivity contribution in [2.45, 2.75) is 38.1 Å². The number of hydrogen-bond acceptors (Lipinski definition) is 6. The van der Waals surface area contributed by atoms with E-state index < -0.39 is 10.0 Å². The number of carbonyl (C=O) groups excluding carboxylic acids is 1. The molecule has 0 aliphatic rings. The van der Waals surface area contributed by atoms with Gasteiger partial charge in [0.05, 0.1) is 17.7 Å². The summed E-state index contributed by atoms with van der Waals surface area (Å²) in [5.41, 5.74) is 3.58. The Morgan fingerprint density at radius 1 is 1.12 bits per heavy atom. The van der Waals surface area contributed by atoms with E-state index in [1.165, 1.54) is 11.1 Å². The van der Waals surface area contributed by atoms with Crippen LogP contribution < -0.4 is 0 Å². The van der Waals surface area contributed by atoms with Crippen LogP contribution in [0.25, 0.3) is 22.2 Å². The minimum absolute atomic E-state index is 0.191. The second kappa shape index (κ2) is 9.11. The summed E-state index contributed by atoms with van der Waals surface area (Å²) < 4.78 is 35.3. The van der Waals surface area contributed by atoms with E-state index in [1.54, 1.807) is 41.3 Å². The molecule has 0 saturated carbocycles. The number of hydrogen-bond donors (Lipinski definition) is 0. The number of nitrogens with zero attached hydrogens (tertiary/aromatic N) is 4. The number of aryl methyl sites for hydroxylation is 3. The predicted molar refractivity (Wildman–Crippen MR) is 128 cm³/mol. The molecular formula is C23H23BrN4O4S. The van der Waals surface area contributed by atoms with Gasteiger partial charge in [0.1, 0.15) is 0 Å². The minimum atomic E-state index is -3.85. The third-order valence-corrected chi connectivity index (χ3v) is 7.49. The lowest BCUT2D eigenvalue weighted by atomic mass is 10.1. The zero-order valence-corrected chi connectivity index (χ0v) is 20.9. The summed E-state index contributed by atoms with van der Waals surface area (Å²) in [5, 5.41) is 5.24. The number of benzene rings is 1. The van der Waals surface area contributed by atoms with Gasteiger partial charge in [-0.3, -0.25) is 9.48 Å². The van der Waals surface area contributed by atoms with E-state index in [-0.39, 0.29) is 10.9 Å². The Kier molecular flexibility index (Phi) is 6.40. The second-order valence-electron chi connectivity index (χ2n) is 7.75. The maximum absolute atomic E-state index is 13.5. The first kappa shape index (κ1) is 23.2. The maximum Gasteiger partial charge on any atom is 0.305 e. The summed E-state index contributed by atoms with van der Waals surface area (Å²) in [6.45, 7) is 4.32. The van der Waals surface area contributed by atoms with Gasteiger partial charge in [0.25, 0.3) is 10.0 Å². The molecule has 10 heteroatoms. The van der Waals surface area contributed by atoms with E-state index in [9.17, 15) is 13.2 Å². The normalized spacial score (nSPS) is 11.8. The number of methoxy groups -OCH3 is 1. The molecule has 0 aliphatic heterocycles. The Bertz CT molecular complexity index is 1440. The standard InChI is InChI=1S/C23H23BrN4O4S/c1-15-6-8-18(9-7-15)33(30,31)28-14-21(19-11-17(24)12-25-23(19)28)20-13-27(26-16(20)2)10-4-5-22(29)32-3/h6-9,11-14H,4-5,10H2,1-3H3. The molecule has 0 spiro atoms. The predicted octanol–water partition coefficient (Wildman–Crippen LogP) is 4.47. The molecule has 0 saturated heterocycles. The van der Waals surface area contributed by atoms with Crippen LogP contribution in [0.1, 0.15) is 24.1 Å². The Labute approximate surface area is 200 Å². The van der Waals surface area contributed by atoms with Crippen LogP contribution in [0.4, 0.5) is 0 Å². The summed E-state index contributed by atoms with van der Waals surface area (Å²) in [7, 11) is -2.49. The van der Waals surface area contributed by atoms with Crippen molar-refractivity contribution in [3.63, 3.8) is 0 Å². The molecule has 8 nitrogen and oxygen atoms in total. The SMILES string of the molecule is COC(=O)CCCn1cc(-c2cn(S(=O)(=O)c3ccc(C)cc3)c3ncc(Br)cc23)c(C)n1. The number of rotatable bonds is 7. The van der Waals surface area contributed by atoms with Crippen molar-refractivity contribution in [1.29, 1.82) is 0 Å². The van der Waals surface area contributed by atoms with Crippen LogP contribution in [0.3, 0.4) is 0 Å². The first-order chi connectivity index (χ1) is 15.7. The van der Waals surface area contributed by atoms with Gasteiger partial charge in [0, 0.05) is 52.5 Å². The molecule has 1 aromatic carbocycles. The van der Waals surface area contributed by atoms with Gasteiger partial charge in [0.15, 0.2) is 5.65 Å². The molecule has 0 fully saturated rings. The molecule has 4 aromatic rings. The molecule has 3 aromatic heterocycles. The molecule has 0 radical (unpaired) electrons. The number of esters is 1. The van der Waals surface area contributed by atoms with Crippen LogP contribution in [0, 0.1) is 13.8 Å². The summed E-state index contributed by atoms with van der Waals surface area (Å²) in [5.74, 6) is -0.264. The summed E-state index contributed by atoms with van der Waals surface area (Å²) in [6.07, 6.45) is 5.93. The zero-order valence-electron chi connectivity index (χ0n) is 18.4. The fourth-order valence-corrected chi connectivity index (χ4v) is 5.32. The average Bonchev–Trinajstić information content (AvgIpc) is 3.33. The number of halogens is 1. The lowest BCUT2D eigenvalue weighted by molar-refractivity contribution is -0.140. The number of ether oxygens (including phenoxy) is 1. The largest absolute Gasteiger partial charge is 0.469 e. The molecule has 0 unspecified atom stereocenters. The number of carbonyl (C=O) groups is 1. The first-order valence-corrected chi connectivity index (χ1v) is 12.5. The van der Waals surface area contributed by atoms with Gasteiger partial charge < -0.3 is 4.74 Å². The van der Waals surface area contributed by atoms with Crippen LogP contribution in [0.5, 0.6) is 0 Å². The lowest BCUT2D eigenvalue weighted by Crippen LogP contribution is -2.12. The topological polar surface area (TPSA) is 96.1 Å². The van der Waals surface area contributed by atoms with Crippen molar-refractivity contribution in [2.75, 3.05) is 7.11 Å². The molecular weight excluding hydrogens is 508 g/mol. The minimum Gasteiger partial charge on any atom is -0.469 e. The highest BCUT2D eigenvalue weighted by molar-refractivity contribution is 9.10. The number of fused-ring (bicyclic) bond motifs is 1. The Hall–Kier alpha value is -2.98. The first-order valence-electron chi connectivity index (χ1n) is 10.3. The van der Waals surface area contributed by atoms with Gasteiger partial charge in [-0.2, -0.15) is 5.10 Å². The van der Waals surface area contributed by atoms with E-state index >= 15 is 0 Å². The molecule has 0 aliphatic carbocycles. The average molecular weight is 531 g/mol.